The van der Waals surface area contributed by atoms with Crippen molar-refractivity contribution >= 4 is 22.5 Å². The first-order valence-electron chi connectivity index (χ1n) is 7.48. The zero-order valence-electron chi connectivity index (χ0n) is 12.7. The van der Waals surface area contributed by atoms with Gasteiger partial charge in [0.1, 0.15) is 5.60 Å². The van der Waals surface area contributed by atoms with Crippen LogP contribution < -0.4 is 10.1 Å². The Bertz CT molecular complexity index is 748. The van der Waals surface area contributed by atoms with Crippen LogP contribution >= 0.6 is 11.3 Å². The molecule has 7 heteroatoms. The second-order valence-corrected chi connectivity index (χ2v) is 6.72. The summed E-state index contributed by atoms with van der Waals surface area (Å²) in [4.78, 5) is 18.4. The number of likely N-dealkylation sites (tertiary alicyclic amines) is 1. The molecule has 23 heavy (non-hydrogen) atoms. The SMILES string of the molecule is COc1cnc(NC(=O)N2CCC3(C2)OCc2ccccc23)s1. The topological polar surface area (TPSA) is 63.7 Å². The molecule has 0 aliphatic carbocycles. The minimum atomic E-state index is -0.353. The maximum atomic E-state index is 12.4. The first-order chi connectivity index (χ1) is 11.2. The van der Waals surface area contributed by atoms with E-state index in [1.807, 2.05) is 12.1 Å². The molecule has 0 bridgehead atoms. The van der Waals surface area contributed by atoms with Crippen LogP contribution in [-0.2, 0) is 16.9 Å². The number of hydrogen-bond donors (Lipinski definition) is 1. The molecule has 4 rings (SSSR count). The van der Waals surface area contributed by atoms with Crippen molar-refractivity contribution in [3.05, 3.63) is 41.6 Å². The molecule has 2 aliphatic rings. The number of ether oxygens (including phenoxy) is 2. The zero-order valence-corrected chi connectivity index (χ0v) is 13.6. The van der Waals surface area contributed by atoms with E-state index in [1.165, 1.54) is 22.5 Å². The number of rotatable bonds is 2. The highest BCUT2D eigenvalue weighted by Gasteiger charge is 2.46. The van der Waals surface area contributed by atoms with Gasteiger partial charge in [-0.15, -0.1) is 0 Å². The predicted molar refractivity (Wildman–Crippen MR) is 86.8 cm³/mol. The average Bonchev–Trinajstić information content (AvgIpc) is 3.28. The van der Waals surface area contributed by atoms with Gasteiger partial charge in [-0.05, 0) is 11.1 Å². The molecule has 3 heterocycles. The van der Waals surface area contributed by atoms with Crippen LogP contribution in [0.2, 0.25) is 0 Å². The van der Waals surface area contributed by atoms with Gasteiger partial charge < -0.3 is 14.4 Å². The molecule has 2 aliphatic heterocycles. The lowest BCUT2D eigenvalue weighted by Gasteiger charge is -2.24. The van der Waals surface area contributed by atoms with Gasteiger partial charge in [0.25, 0.3) is 0 Å². The van der Waals surface area contributed by atoms with Gasteiger partial charge in [-0.2, -0.15) is 0 Å². The molecule has 6 nitrogen and oxygen atoms in total. The van der Waals surface area contributed by atoms with Gasteiger partial charge in [0.2, 0.25) is 0 Å². The van der Waals surface area contributed by atoms with E-state index in [0.29, 0.717) is 29.9 Å². The van der Waals surface area contributed by atoms with E-state index in [9.17, 15) is 4.79 Å². The molecule has 0 radical (unpaired) electrons. The third-order valence-corrected chi connectivity index (χ3v) is 5.30. The van der Waals surface area contributed by atoms with Crippen LogP contribution in [0.25, 0.3) is 0 Å². The van der Waals surface area contributed by atoms with Crippen molar-refractivity contribution in [3.8, 4) is 5.06 Å². The molecule has 1 unspecified atom stereocenters. The zero-order chi connectivity index (χ0) is 15.9. The Morgan fingerprint density at radius 2 is 2.35 bits per heavy atom. The van der Waals surface area contributed by atoms with Crippen LogP contribution in [0.15, 0.2) is 30.5 Å². The second kappa shape index (κ2) is 5.50. The predicted octanol–water partition coefficient (Wildman–Crippen LogP) is 2.82. The van der Waals surface area contributed by atoms with Crippen LogP contribution in [0.3, 0.4) is 0 Å². The second-order valence-electron chi connectivity index (χ2n) is 5.73. The monoisotopic (exact) mass is 331 g/mol. The van der Waals surface area contributed by atoms with Crippen LogP contribution in [-0.4, -0.2) is 36.1 Å². The van der Waals surface area contributed by atoms with Crippen molar-refractivity contribution in [2.75, 3.05) is 25.5 Å². The van der Waals surface area contributed by atoms with Crippen molar-refractivity contribution in [1.82, 2.24) is 9.88 Å². The number of methoxy groups -OCH3 is 1. The van der Waals surface area contributed by atoms with Crippen molar-refractivity contribution < 1.29 is 14.3 Å². The van der Waals surface area contributed by atoms with Gasteiger partial charge in [-0.25, -0.2) is 9.78 Å². The smallest absolute Gasteiger partial charge is 0.323 e. The first kappa shape index (κ1) is 14.5. The summed E-state index contributed by atoms with van der Waals surface area (Å²) in [5, 5.41) is 4.04. The Hall–Kier alpha value is -2.12. The number of aromatic nitrogens is 1. The fourth-order valence-corrected chi connectivity index (χ4v) is 3.88. The molecular weight excluding hydrogens is 314 g/mol. The standard InChI is InChI=1S/C16H17N3O3S/c1-21-13-8-17-14(23-13)18-15(20)19-7-6-16(10-19)12-5-3-2-4-11(12)9-22-16/h2-5,8H,6-7,9-10H2,1H3,(H,17,18,20). The normalized spacial score (nSPS) is 22.4. The van der Waals surface area contributed by atoms with E-state index in [-0.39, 0.29) is 11.6 Å². The Balaban J connectivity index is 1.47. The summed E-state index contributed by atoms with van der Waals surface area (Å²) in [7, 11) is 1.58. The molecule has 1 aromatic heterocycles. The molecule has 1 spiro atoms. The number of hydrogen-bond acceptors (Lipinski definition) is 5. The minimum absolute atomic E-state index is 0.146. The van der Waals surface area contributed by atoms with Crippen LogP contribution in [0, 0.1) is 0 Å². The first-order valence-corrected chi connectivity index (χ1v) is 8.30. The molecule has 120 valence electrons. The van der Waals surface area contributed by atoms with Gasteiger partial charge in [0.05, 0.1) is 26.5 Å². The highest BCUT2D eigenvalue weighted by Crippen LogP contribution is 2.43. The van der Waals surface area contributed by atoms with E-state index in [4.69, 9.17) is 9.47 Å². The van der Waals surface area contributed by atoms with Gasteiger partial charge in [-0.1, -0.05) is 35.6 Å². The third kappa shape index (κ3) is 2.46. The van der Waals surface area contributed by atoms with E-state index in [2.05, 4.69) is 22.4 Å². The average molecular weight is 331 g/mol. The molecule has 2 amide bonds. The van der Waals surface area contributed by atoms with Crippen LogP contribution in [0.1, 0.15) is 17.5 Å². The Morgan fingerprint density at radius 1 is 1.48 bits per heavy atom. The van der Waals surface area contributed by atoms with Gasteiger partial charge in [-0.3, -0.25) is 5.32 Å². The molecule has 1 aromatic carbocycles. The number of benzene rings is 1. The Kier molecular flexibility index (Phi) is 3.46. The molecule has 0 saturated carbocycles. The van der Waals surface area contributed by atoms with Gasteiger partial charge in [0, 0.05) is 13.0 Å². The maximum Gasteiger partial charge on any atom is 0.323 e. The number of fused-ring (bicyclic) bond motifs is 2. The summed E-state index contributed by atoms with van der Waals surface area (Å²) in [6.07, 6.45) is 2.42. The number of nitrogens with one attached hydrogen (secondary N) is 1. The van der Waals surface area contributed by atoms with Crippen molar-refractivity contribution in [1.29, 1.82) is 0 Å². The summed E-state index contributed by atoms with van der Waals surface area (Å²) < 4.78 is 11.2. The summed E-state index contributed by atoms with van der Waals surface area (Å²) in [5.41, 5.74) is 2.08. The molecular formula is C16H17N3O3S. The van der Waals surface area contributed by atoms with Gasteiger partial charge >= 0.3 is 6.03 Å². The fourth-order valence-electron chi connectivity index (χ4n) is 3.26. The number of thiazole rings is 1. The minimum Gasteiger partial charge on any atom is -0.486 e. The van der Waals surface area contributed by atoms with Crippen molar-refractivity contribution in [2.24, 2.45) is 0 Å². The third-order valence-electron chi connectivity index (χ3n) is 4.43. The highest BCUT2D eigenvalue weighted by molar-refractivity contribution is 7.17. The van der Waals surface area contributed by atoms with E-state index in [0.717, 1.165) is 6.42 Å². The van der Waals surface area contributed by atoms with Crippen molar-refractivity contribution in [2.45, 2.75) is 18.6 Å². The molecule has 1 atom stereocenters. The van der Waals surface area contributed by atoms with Gasteiger partial charge in [0.15, 0.2) is 10.2 Å². The Labute approximate surface area is 138 Å². The lowest BCUT2D eigenvalue weighted by molar-refractivity contribution is -0.0269. The molecule has 2 aromatic rings. The van der Waals surface area contributed by atoms with E-state index < -0.39 is 0 Å². The number of carbonyl (C=O) groups is 1. The quantitative estimate of drug-likeness (QED) is 0.919. The summed E-state index contributed by atoms with van der Waals surface area (Å²) in [6, 6.07) is 8.10. The van der Waals surface area contributed by atoms with Crippen LogP contribution in [0.5, 0.6) is 5.06 Å². The highest BCUT2D eigenvalue weighted by atomic mass is 32.1. The van der Waals surface area contributed by atoms with E-state index in [1.54, 1.807) is 18.2 Å². The fraction of sp³-hybridized carbons (Fsp3) is 0.375. The summed E-state index contributed by atoms with van der Waals surface area (Å²) >= 11 is 1.31. The number of anilines is 1. The Morgan fingerprint density at radius 3 is 3.17 bits per heavy atom. The number of urea groups is 1. The molecule has 1 fully saturated rings. The van der Waals surface area contributed by atoms with Crippen LogP contribution in [0.4, 0.5) is 9.93 Å². The number of amides is 2. The lowest BCUT2D eigenvalue weighted by atomic mass is 9.92. The lowest BCUT2D eigenvalue weighted by Crippen LogP contribution is -2.36. The summed E-state index contributed by atoms with van der Waals surface area (Å²) in [6.45, 7) is 1.86. The van der Waals surface area contributed by atoms with Crippen molar-refractivity contribution in [3.63, 3.8) is 0 Å². The largest absolute Gasteiger partial charge is 0.486 e. The van der Waals surface area contributed by atoms with E-state index >= 15 is 0 Å². The maximum absolute atomic E-state index is 12.4. The number of nitrogens with zero attached hydrogens (tertiary/aromatic N) is 2. The number of carbonyl (C=O) groups excluding carboxylic acids is 1. The molecule has 1 saturated heterocycles. The summed E-state index contributed by atoms with van der Waals surface area (Å²) in [5.74, 6) is 0. The molecule has 1 N–H and O–H groups in total.